The van der Waals surface area contributed by atoms with Crippen LogP contribution in [0.2, 0.25) is 0 Å². The SMILES string of the molecule is COC(=O)/C=C/CC[C@H](NC(=O)c1ccnn1C)C(=O)Nc1cccn(CC(=O)N[C@@H]2C[C@@H]3CC[C@H]2C3)c1=O. The lowest BCUT2D eigenvalue weighted by atomic mass is 9.95. The van der Waals surface area contributed by atoms with Crippen molar-refractivity contribution in [3.63, 3.8) is 0 Å². The Morgan fingerprint density at radius 2 is 2.03 bits per heavy atom. The molecule has 0 radical (unpaired) electrons. The van der Waals surface area contributed by atoms with Gasteiger partial charge in [-0.25, -0.2) is 4.79 Å². The summed E-state index contributed by atoms with van der Waals surface area (Å²) in [5, 5.41) is 12.3. The van der Waals surface area contributed by atoms with Gasteiger partial charge in [0.25, 0.3) is 11.5 Å². The molecule has 2 heterocycles. The lowest BCUT2D eigenvalue weighted by molar-refractivity contribution is -0.134. The average molecular weight is 539 g/mol. The number of aryl methyl sites for hydroxylation is 1. The van der Waals surface area contributed by atoms with Crippen LogP contribution in [0.1, 0.15) is 49.0 Å². The van der Waals surface area contributed by atoms with Crippen molar-refractivity contribution in [3.05, 3.63) is 58.8 Å². The van der Waals surface area contributed by atoms with Crippen molar-refractivity contribution in [2.45, 2.75) is 57.2 Å². The highest BCUT2D eigenvalue weighted by molar-refractivity contribution is 6.00. The van der Waals surface area contributed by atoms with Crippen molar-refractivity contribution in [1.82, 2.24) is 25.0 Å². The lowest BCUT2D eigenvalue weighted by Gasteiger charge is -2.23. The number of anilines is 1. The summed E-state index contributed by atoms with van der Waals surface area (Å²) in [5.41, 5.74) is -0.294. The highest BCUT2D eigenvalue weighted by atomic mass is 16.5. The van der Waals surface area contributed by atoms with E-state index in [0.29, 0.717) is 11.8 Å². The highest BCUT2D eigenvalue weighted by Gasteiger charge is 2.40. The van der Waals surface area contributed by atoms with Gasteiger partial charge in [-0.15, -0.1) is 0 Å². The Labute approximate surface area is 225 Å². The number of pyridine rings is 1. The Balaban J connectivity index is 1.41. The van der Waals surface area contributed by atoms with Crippen LogP contribution in [0.25, 0.3) is 0 Å². The normalized spacial score (nSPS) is 20.5. The summed E-state index contributed by atoms with van der Waals surface area (Å²) in [6.07, 6.45) is 10.7. The predicted molar refractivity (Wildman–Crippen MR) is 142 cm³/mol. The first kappa shape index (κ1) is 27.8. The average Bonchev–Trinajstić information content (AvgIpc) is 3.65. The van der Waals surface area contributed by atoms with Gasteiger partial charge in [0.05, 0.1) is 7.11 Å². The number of aromatic nitrogens is 3. The summed E-state index contributed by atoms with van der Waals surface area (Å²) in [6.45, 7) is -0.157. The third-order valence-electron chi connectivity index (χ3n) is 7.43. The van der Waals surface area contributed by atoms with E-state index in [-0.39, 0.29) is 42.7 Å². The molecular weight excluding hydrogens is 504 g/mol. The topological polar surface area (TPSA) is 153 Å². The first-order valence-electron chi connectivity index (χ1n) is 13.1. The molecule has 0 spiro atoms. The zero-order chi connectivity index (χ0) is 27.9. The monoisotopic (exact) mass is 538 g/mol. The maximum Gasteiger partial charge on any atom is 0.330 e. The molecule has 4 atom stereocenters. The largest absolute Gasteiger partial charge is 0.466 e. The Bertz CT molecular complexity index is 1310. The summed E-state index contributed by atoms with van der Waals surface area (Å²) < 4.78 is 7.19. The first-order valence-corrected chi connectivity index (χ1v) is 13.1. The standard InChI is InChI=1S/C27H34N6O6/c1-32-22(11-12-28-32)26(37)30-19(6-3-4-8-24(35)39-2)25(36)31-20-7-5-13-33(27(20)38)16-23(34)29-21-15-17-9-10-18(21)14-17/h4-5,7-8,11-13,17-19,21H,3,6,9-10,14-16H2,1-2H3,(H,29,34)(H,30,37)(H,31,36)/b8-4+/t17-,18+,19+,21-/m1/s1. The van der Waals surface area contributed by atoms with Crippen molar-refractivity contribution >= 4 is 29.4 Å². The molecule has 3 amide bonds. The molecule has 3 N–H and O–H groups in total. The molecule has 0 aromatic carbocycles. The number of carbonyl (C=O) groups is 4. The number of nitrogens with one attached hydrogen (secondary N) is 3. The van der Waals surface area contributed by atoms with Crippen LogP contribution >= 0.6 is 0 Å². The van der Waals surface area contributed by atoms with E-state index < -0.39 is 29.4 Å². The molecule has 2 bridgehead atoms. The molecule has 2 aliphatic carbocycles. The fraction of sp³-hybridized carbons (Fsp3) is 0.481. The van der Waals surface area contributed by atoms with Crippen LogP contribution in [-0.4, -0.2) is 57.2 Å². The summed E-state index contributed by atoms with van der Waals surface area (Å²) in [5.74, 6) is -0.708. The van der Waals surface area contributed by atoms with Gasteiger partial charge in [-0.1, -0.05) is 12.5 Å². The second-order valence-electron chi connectivity index (χ2n) is 10.1. The number of ether oxygens (including phenoxy) is 1. The zero-order valence-corrected chi connectivity index (χ0v) is 22.1. The van der Waals surface area contributed by atoms with Crippen LogP contribution in [0.4, 0.5) is 5.69 Å². The summed E-state index contributed by atoms with van der Waals surface area (Å²) in [7, 11) is 2.86. The zero-order valence-electron chi connectivity index (χ0n) is 22.1. The molecule has 39 heavy (non-hydrogen) atoms. The van der Waals surface area contributed by atoms with Gasteiger partial charge in [-0.05, 0) is 62.1 Å². The van der Waals surface area contributed by atoms with E-state index in [1.54, 1.807) is 13.1 Å². The van der Waals surface area contributed by atoms with E-state index in [1.807, 2.05) is 0 Å². The van der Waals surface area contributed by atoms with Gasteiger partial charge in [0, 0.05) is 31.6 Å². The Morgan fingerprint density at radius 3 is 2.69 bits per heavy atom. The molecule has 2 aliphatic rings. The second-order valence-corrected chi connectivity index (χ2v) is 10.1. The molecule has 2 fully saturated rings. The van der Waals surface area contributed by atoms with Crippen molar-refractivity contribution < 1.29 is 23.9 Å². The van der Waals surface area contributed by atoms with Gasteiger partial charge in [0.1, 0.15) is 24.0 Å². The van der Waals surface area contributed by atoms with E-state index in [0.717, 1.165) is 19.3 Å². The minimum Gasteiger partial charge on any atom is -0.466 e. The van der Waals surface area contributed by atoms with Crippen molar-refractivity contribution in [2.75, 3.05) is 12.4 Å². The molecule has 12 heteroatoms. The number of methoxy groups -OCH3 is 1. The number of allylic oxidation sites excluding steroid dienone is 1. The third-order valence-corrected chi connectivity index (χ3v) is 7.43. The Kier molecular flexibility index (Phi) is 8.95. The number of carbonyl (C=O) groups excluding carboxylic acids is 4. The fourth-order valence-corrected chi connectivity index (χ4v) is 5.41. The molecule has 12 nitrogen and oxygen atoms in total. The summed E-state index contributed by atoms with van der Waals surface area (Å²) >= 11 is 0. The quantitative estimate of drug-likeness (QED) is 0.286. The number of amides is 3. The van der Waals surface area contributed by atoms with Crippen LogP contribution in [0.15, 0.2) is 47.5 Å². The van der Waals surface area contributed by atoms with E-state index in [2.05, 4.69) is 25.8 Å². The number of hydrogen-bond acceptors (Lipinski definition) is 7. The number of fused-ring (bicyclic) bond motifs is 2. The van der Waals surface area contributed by atoms with Crippen molar-refractivity contribution in [1.29, 1.82) is 0 Å². The van der Waals surface area contributed by atoms with E-state index in [4.69, 9.17) is 0 Å². The smallest absolute Gasteiger partial charge is 0.330 e. The second kappa shape index (κ2) is 12.5. The molecule has 0 aliphatic heterocycles. The first-order chi connectivity index (χ1) is 18.7. The maximum atomic E-state index is 13.2. The minimum atomic E-state index is -1.02. The molecule has 4 rings (SSSR count). The van der Waals surface area contributed by atoms with Crippen LogP contribution < -0.4 is 21.5 Å². The fourth-order valence-electron chi connectivity index (χ4n) is 5.41. The number of hydrogen-bond donors (Lipinski definition) is 3. The van der Waals surface area contributed by atoms with Crippen LogP contribution in [0.3, 0.4) is 0 Å². The summed E-state index contributed by atoms with van der Waals surface area (Å²) in [4.78, 5) is 63.0. The van der Waals surface area contributed by atoms with Gasteiger partial charge in [0.15, 0.2) is 0 Å². The predicted octanol–water partition coefficient (Wildman–Crippen LogP) is 1.13. The van der Waals surface area contributed by atoms with Crippen LogP contribution in [0, 0.1) is 11.8 Å². The van der Waals surface area contributed by atoms with Gasteiger partial charge >= 0.3 is 5.97 Å². The van der Waals surface area contributed by atoms with Crippen molar-refractivity contribution in [2.24, 2.45) is 18.9 Å². The number of nitrogens with zero attached hydrogens (tertiary/aromatic N) is 3. The number of rotatable bonds is 11. The van der Waals surface area contributed by atoms with E-state index >= 15 is 0 Å². The van der Waals surface area contributed by atoms with Gasteiger partial charge in [-0.2, -0.15) is 5.10 Å². The van der Waals surface area contributed by atoms with Crippen molar-refractivity contribution in [3.8, 4) is 0 Å². The molecule has 2 aromatic heterocycles. The van der Waals surface area contributed by atoms with Crippen LogP contribution in [-0.2, 0) is 32.7 Å². The van der Waals surface area contributed by atoms with Crippen LogP contribution in [0.5, 0.6) is 0 Å². The minimum absolute atomic E-state index is 0.0138. The number of esters is 1. The van der Waals surface area contributed by atoms with E-state index in [9.17, 15) is 24.0 Å². The summed E-state index contributed by atoms with van der Waals surface area (Å²) in [6, 6.07) is 3.67. The van der Waals surface area contributed by atoms with E-state index in [1.165, 1.54) is 59.5 Å². The van der Waals surface area contributed by atoms with Gasteiger partial charge < -0.3 is 25.3 Å². The Morgan fingerprint density at radius 1 is 1.21 bits per heavy atom. The lowest BCUT2D eigenvalue weighted by Crippen LogP contribution is -2.45. The van der Waals surface area contributed by atoms with Gasteiger partial charge in [0.2, 0.25) is 11.8 Å². The molecule has 208 valence electrons. The molecule has 0 unspecified atom stereocenters. The molecular formula is C27H34N6O6. The maximum absolute atomic E-state index is 13.2. The molecule has 2 saturated carbocycles. The molecule has 0 saturated heterocycles. The third kappa shape index (κ3) is 7.01. The van der Waals surface area contributed by atoms with Gasteiger partial charge in [-0.3, -0.25) is 23.9 Å². The Hall–Kier alpha value is -4.22. The molecule has 2 aromatic rings. The highest BCUT2D eigenvalue weighted by Crippen LogP contribution is 2.44.